The molecule has 7 heteroatoms. The average Bonchev–Trinajstić information content (AvgIpc) is 3.45. The van der Waals surface area contributed by atoms with Gasteiger partial charge >= 0.3 is 5.97 Å². The highest BCUT2D eigenvalue weighted by molar-refractivity contribution is 7.17. The van der Waals surface area contributed by atoms with Crippen LogP contribution in [0, 0.1) is 11.3 Å². The highest BCUT2D eigenvalue weighted by Crippen LogP contribution is 2.39. The zero-order chi connectivity index (χ0) is 25.8. The molecule has 5 rings (SSSR count). The number of nitrogens with zero attached hydrogens (tertiary/aromatic N) is 2. The van der Waals surface area contributed by atoms with E-state index in [0.717, 1.165) is 58.2 Å². The minimum atomic E-state index is -0.536. The first-order chi connectivity index (χ1) is 18.1. The summed E-state index contributed by atoms with van der Waals surface area (Å²) >= 11 is 1.41. The number of nitriles is 1. The van der Waals surface area contributed by atoms with E-state index in [4.69, 9.17) is 4.74 Å². The monoisotopic (exact) mass is 509 g/mol. The fourth-order valence-corrected chi connectivity index (χ4v) is 6.12. The van der Waals surface area contributed by atoms with Crippen molar-refractivity contribution in [3.05, 3.63) is 93.5 Å². The predicted molar refractivity (Wildman–Crippen MR) is 147 cm³/mol. The van der Waals surface area contributed by atoms with Gasteiger partial charge in [0.25, 0.3) is 5.91 Å². The molecule has 0 radical (unpaired) electrons. The van der Waals surface area contributed by atoms with E-state index in [0.29, 0.717) is 17.1 Å². The summed E-state index contributed by atoms with van der Waals surface area (Å²) in [6.45, 7) is 2.69. The third-order valence-electron chi connectivity index (χ3n) is 6.56. The predicted octanol–water partition coefficient (Wildman–Crippen LogP) is 6.35. The maximum atomic E-state index is 13.3. The lowest BCUT2D eigenvalue weighted by Crippen LogP contribution is -2.16. The highest BCUT2D eigenvalue weighted by atomic mass is 32.1. The molecule has 1 aliphatic carbocycles. The number of para-hydroxylation sites is 1. The third-order valence-corrected chi connectivity index (χ3v) is 7.77. The minimum Gasteiger partial charge on any atom is -0.462 e. The average molecular weight is 510 g/mol. The second-order valence-electron chi connectivity index (χ2n) is 8.97. The van der Waals surface area contributed by atoms with Gasteiger partial charge in [-0.25, -0.2) is 4.79 Å². The van der Waals surface area contributed by atoms with Gasteiger partial charge in [-0.1, -0.05) is 48.5 Å². The van der Waals surface area contributed by atoms with Crippen molar-refractivity contribution >= 4 is 45.2 Å². The number of esters is 1. The van der Waals surface area contributed by atoms with Crippen molar-refractivity contribution in [3.63, 3.8) is 0 Å². The first-order valence-corrected chi connectivity index (χ1v) is 13.3. The third kappa shape index (κ3) is 5.07. The number of benzene rings is 2. The quantitative estimate of drug-likeness (QED) is 0.179. The zero-order valence-electron chi connectivity index (χ0n) is 20.6. The summed E-state index contributed by atoms with van der Waals surface area (Å²) < 4.78 is 7.41. The van der Waals surface area contributed by atoms with Gasteiger partial charge in [0.1, 0.15) is 16.6 Å². The second kappa shape index (κ2) is 10.9. The molecule has 1 aliphatic rings. The van der Waals surface area contributed by atoms with E-state index in [1.807, 2.05) is 48.7 Å². The Balaban J connectivity index is 1.48. The molecule has 4 aromatic rings. The number of fused-ring (bicyclic) bond motifs is 2. The van der Waals surface area contributed by atoms with Crippen LogP contribution in [0.5, 0.6) is 0 Å². The summed E-state index contributed by atoms with van der Waals surface area (Å²) in [5.41, 5.74) is 4.34. The molecule has 186 valence electrons. The first kappa shape index (κ1) is 24.5. The molecule has 0 saturated heterocycles. The Hall–Kier alpha value is -4.15. The maximum absolute atomic E-state index is 13.3. The Labute approximate surface area is 219 Å². The molecule has 0 atom stereocenters. The van der Waals surface area contributed by atoms with E-state index in [9.17, 15) is 14.9 Å². The number of thiophene rings is 1. The number of carbonyl (C=O) groups excluding carboxylic acids is 2. The molecule has 37 heavy (non-hydrogen) atoms. The zero-order valence-corrected chi connectivity index (χ0v) is 21.4. The van der Waals surface area contributed by atoms with Crippen molar-refractivity contribution in [1.82, 2.24) is 4.57 Å². The van der Waals surface area contributed by atoms with Gasteiger partial charge < -0.3 is 14.6 Å². The molecule has 2 aromatic carbocycles. The lowest BCUT2D eigenvalue weighted by atomic mass is 9.95. The molecule has 2 aromatic heterocycles. The van der Waals surface area contributed by atoms with Crippen molar-refractivity contribution in [1.29, 1.82) is 5.26 Å². The van der Waals surface area contributed by atoms with E-state index in [1.54, 1.807) is 13.0 Å². The van der Waals surface area contributed by atoms with Gasteiger partial charge in [0.15, 0.2) is 0 Å². The van der Waals surface area contributed by atoms with Gasteiger partial charge in [-0.05, 0) is 55.9 Å². The molecular weight excluding hydrogens is 482 g/mol. The minimum absolute atomic E-state index is 0.0243. The van der Waals surface area contributed by atoms with Crippen LogP contribution >= 0.6 is 11.3 Å². The van der Waals surface area contributed by atoms with E-state index < -0.39 is 11.9 Å². The Morgan fingerprint density at radius 2 is 1.86 bits per heavy atom. The normalized spacial score (nSPS) is 13.1. The van der Waals surface area contributed by atoms with Gasteiger partial charge in [0.05, 0.1) is 12.2 Å². The molecule has 0 bridgehead atoms. The van der Waals surface area contributed by atoms with Gasteiger partial charge in [0.2, 0.25) is 0 Å². The van der Waals surface area contributed by atoms with Gasteiger partial charge in [0, 0.05) is 34.1 Å². The van der Waals surface area contributed by atoms with Crippen LogP contribution in [-0.2, 0) is 28.9 Å². The van der Waals surface area contributed by atoms with Crippen LogP contribution in [0.2, 0.25) is 0 Å². The highest BCUT2D eigenvalue weighted by Gasteiger charge is 2.28. The lowest BCUT2D eigenvalue weighted by Gasteiger charge is -2.12. The number of anilines is 1. The number of rotatable bonds is 7. The number of ether oxygens (including phenoxy) is 1. The summed E-state index contributed by atoms with van der Waals surface area (Å²) in [4.78, 5) is 27.1. The Kier molecular flexibility index (Phi) is 7.20. The fraction of sp³-hybridized carbons (Fsp3) is 0.233. The van der Waals surface area contributed by atoms with Crippen LogP contribution in [0.25, 0.3) is 17.0 Å². The fourth-order valence-electron chi connectivity index (χ4n) is 4.85. The number of nitrogens with one attached hydrogen (secondary N) is 1. The molecule has 6 nitrogen and oxygen atoms in total. The van der Waals surface area contributed by atoms with Gasteiger partial charge in [-0.15, -0.1) is 11.3 Å². The Morgan fingerprint density at radius 3 is 2.65 bits per heavy atom. The van der Waals surface area contributed by atoms with Crippen molar-refractivity contribution in [2.45, 2.75) is 39.2 Å². The molecule has 0 aliphatic heterocycles. The molecule has 0 unspecified atom stereocenters. The Bertz CT molecular complexity index is 1540. The molecule has 1 amide bonds. The van der Waals surface area contributed by atoms with Crippen LogP contribution in [0.4, 0.5) is 5.00 Å². The topological polar surface area (TPSA) is 84.1 Å². The van der Waals surface area contributed by atoms with Crippen molar-refractivity contribution in [2.24, 2.45) is 0 Å². The van der Waals surface area contributed by atoms with Crippen molar-refractivity contribution < 1.29 is 14.3 Å². The molecule has 0 fully saturated rings. The maximum Gasteiger partial charge on any atom is 0.341 e. The molecular formula is C30H27N3O3S. The first-order valence-electron chi connectivity index (χ1n) is 12.5. The summed E-state index contributed by atoms with van der Waals surface area (Å²) in [5, 5.41) is 14.2. The molecule has 0 spiro atoms. The number of aromatic nitrogens is 1. The van der Waals surface area contributed by atoms with E-state index in [2.05, 4.69) is 28.1 Å². The number of aryl methyl sites for hydroxylation is 1. The number of hydrogen-bond acceptors (Lipinski definition) is 5. The van der Waals surface area contributed by atoms with Crippen LogP contribution in [-0.4, -0.2) is 23.1 Å². The summed E-state index contributed by atoms with van der Waals surface area (Å²) in [6, 6.07) is 20.1. The van der Waals surface area contributed by atoms with Gasteiger partial charge in [-0.2, -0.15) is 5.26 Å². The molecule has 1 N–H and O–H groups in total. The SMILES string of the molecule is CCOC(=O)c1c(NC(=O)/C(C#N)=C/c2cn(Cc3ccccc3)c3ccccc23)sc2c1CCCC2. The standard InChI is InChI=1S/C30H27N3O3S/c1-2-36-30(35)27-24-13-7-9-15-26(24)37-29(27)32-28(34)21(17-31)16-22-19-33(18-20-10-4-3-5-11-20)25-14-8-6-12-23(22)25/h3-6,8,10-12,14,16,19H,2,7,9,13,15,18H2,1H3,(H,32,34)/b21-16+. The van der Waals surface area contributed by atoms with Crippen molar-refractivity contribution in [2.75, 3.05) is 11.9 Å². The number of amides is 1. The smallest absolute Gasteiger partial charge is 0.341 e. The van der Waals surface area contributed by atoms with Crippen molar-refractivity contribution in [3.8, 4) is 6.07 Å². The lowest BCUT2D eigenvalue weighted by molar-refractivity contribution is -0.112. The molecule has 0 saturated carbocycles. The summed E-state index contributed by atoms with van der Waals surface area (Å²) in [5.74, 6) is -0.963. The van der Waals surface area contributed by atoms with Crippen LogP contribution in [0.1, 0.15) is 51.7 Å². The molecule has 2 heterocycles. The largest absolute Gasteiger partial charge is 0.462 e. The van der Waals surface area contributed by atoms with E-state index in [-0.39, 0.29) is 12.2 Å². The Morgan fingerprint density at radius 1 is 1.11 bits per heavy atom. The number of carbonyl (C=O) groups is 2. The van der Waals surface area contributed by atoms with E-state index >= 15 is 0 Å². The summed E-state index contributed by atoms with van der Waals surface area (Å²) in [6.07, 6.45) is 7.31. The van der Waals surface area contributed by atoms with Crippen LogP contribution < -0.4 is 5.32 Å². The summed E-state index contributed by atoms with van der Waals surface area (Å²) in [7, 11) is 0. The second-order valence-corrected chi connectivity index (χ2v) is 10.1. The van der Waals surface area contributed by atoms with Crippen LogP contribution in [0.15, 0.2) is 66.4 Å². The van der Waals surface area contributed by atoms with E-state index in [1.165, 1.54) is 11.3 Å². The number of hydrogen-bond donors (Lipinski definition) is 1. The van der Waals surface area contributed by atoms with Gasteiger partial charge in [-0.3, -0.25) is 4.79 Å². The van der Waals surface area contributed by atoms with Crippen LogP contribution in [0.3, 0.4) is 0 Å².